The zero-order valence-electron chi connectivity index (χ0n) is 11.9. The second-order valence-electron chi connectivity index (χ2n) is 5.50. The fourth-order valence-electron chi connectivity index (χ4n) is 2.36. The first-order valence-electron chi connectivity index (χ1n) is 6.60. The molecule has 1 aromatic rings. The van der Waals surface area contributed by atoms with Crippen molar-refractivity contribution in [3.63, 3.8) is 0 Å². The van der Waals surface area contributed by atoms with Gasteiger partial charge in [0.2, 0.25) is 0 Å². The number of carbonyl (C=O) groups is 1. The van der Waals surface area contributed by atoms with Gasteiger partial charge in [-0.15, -0.1) is 0 Å². The van der Waals surface area contributed by atoms with Crippen LogP contribution in [-0.2, 0) is 0 Å². The van der Waals surface area contributed by atoms with Crippen molar-refractivity contribution in [2.45, 2.75) is 27.7 Å². The number of hydrogen-bond donors (Lipinski definition) is 2. The average Bonchev–Trinajstić information content (AvgIpc) is 2.27. The Labute approximate surface area is 123 Å². The second-order valence-corrected chi connectivity index (χ2v) is 6.35. The molecule has 0 atom stereocenters. The maximum absolute atomic E-state index is 11.3. The molecule has 0 aromatic heterocycles. The van der Waals surface area contributed by atoms with E-state index in [1.165, 1.54) is 0 Å². The van der Waals surface area contributed by atoms with E-state index in [1.54, 1.807) is 6.07 Å². The van der Waals surface area contributed by atoms with Gasteiger partial charge in [-0.05, 0) is 45.8 Å². The summed E-state index contributed by atoms with van der Waals surface area (Å²) < 4.78 is 0.607. The van der Waals surface area contributed by atoms with Crippen LogP contribution in [-0.4, -0.2) is 17.6 Å². The molecule has 0 radical (unpaired) electrons. The molecule has 3 nitrogen and oxygen atoms in total. The highest BCUT2D eigenvalue weighted by Crippen LogP contribution is 2.27. The zero-order chi connectivity index (χ0) is 14.6. The smallest absolute Gasteiger partial charge is 0.338 e. The maximum Gasteiger partial charge on any atom is 0.338 e. The van der Waals surface area contributed by atoms with Crippen molar-refractivity contribution in [1.29, 1.82) is 0 Å². The lowest BCUT2D eigenvalue weighted by atomic mass is 9.85. The van der Waals surface area contributed by atoms with E-state index in [-0.39, 0.29) is 0 Å². The summed E-state index contributed by atoms with van der Waals surface area (Å²) in [6.45, 7) is 9.58. The van der Waals surface area contributed by atoms with Gasteiger partial charge < -0.3 is 10.4 Å². The van der Waals surface area contributed by atoms with Crippen molar-refractivity contribution in [2.75, 3.05) is 11.9 Å². The summed E-state index contributed by atoms with van der Waals surface area (Å²) in [6, 6.07) is 5.40. The Bertz CT molecular complexity index is 436. The van der Waals surface area contributed by atoms with E-state index in [0.717, 1.165) is 6.54 Å². The van der Waals surface area contributed by atoms with E-state index in [1.807, 2.05) is 12.1 Å². The van der Waals surface area contributed by atoms with Crippen molar-refractivity contribution in [1.82, 2.24) is 0 Å². The maximum atomic E-state index is 11.3. The Morgan fingerprint density at radius 2 is 1.84 bits per heavy atom. The van der Waals surface area contributed by atoms with E-state index in [4.69, 9.17) is 0 Å². The summed E-state index contributed by atoms with van der Waals surface area (Å²) in [6.07, 6.45) is 0. The Kier molecular flexibility index (Phi) is 5.85. The number of rotatable bonds is 6. The minimum Gasteiger partial charge on any atom is -0.478 e. The Morgan fingerprint density at radius 1 is 1.26 bits per heavy atom. The van der Waals surface area contributed by atoms with Crippen LogP contribution in [0.1, 0.15) is 38.1 Å². The normalized spacial score (nSPS) is 11.4. The van der Waals surface area contributed by atoms with E-state index in [2.05, 4.69) is 48.9 Å². The fourth-order valence-corrected chi connectivity index (χ4v) is 2.89. The number of aromatic carboxylic acids is 1. The van der Waals surface area contributed by atoms with Gasteiger partial charge in [0.25, 0.3) is 0 Å². The van der Waals surface area contributed by atoms with Gasteiger partial charge in [-0.2, -0.15) is 0 Å². The fraction of sp³-hybridized carbons (Fsp3) is 0.533. The second kappa shape index (κ2) is 6.94. The molecule has 0 amide bonds. The van der Waals surface area contributed by atoms with E-state index >= 15 is 0 Å². The van der Waals surface area contributed by atoms with Gasteiger partial charge in [0.05, 0.1) is 5.56 Å². The molecule has 1 aromatic carbocycles. The molecule has 0 bridgehead atoms. The molecule has 0 aliphatic heterocycles. The quantitative estimate of drug-likeness (QED) is 0.809. The van der Waals surface area contributed by atoms with Crippen LogP contribution in [0.5, 0.6) is 0 Å². The third-order valence-corrected chi connectivity index (χ3v) is 4.13. The topological polar surface area (TPSA) is 49.3 Å². The van der Waals surface area contributed by atoms with Crippen molar-refractivity contribution in [3.8, 4) is 0 Å². The van der Waals surface area contributed by atoms with E-state index in [9.17, 15) is 9.90 Å². The first-order chi connectivity index (χ1) is 8.84. The van der Waals surface area contributed by atoms with E-state index in [0.29, 0.717) is 33.5 Å². The summed E-state index contributed by atoms with van der Waals surface area (Å²) in [7, 11) is 0. The van der Waals surface area contributed by atoms with Crippen molar-refractivity contribution in [2.24, 2.45) is 17.8 Å². The van der Waals surface area contributed by atoms with Gasteiger partial charge in [-0.25, -0.2) is 4.79 Å². The molecule has 2 N–H and O–H groups in total. The van der Waals surface area contributed by atoms with Gasteiger partial charge in [-0.1, -0.05) is 33.8 Å². The van der Waals surface area contributed by atoms with Gasteiger partial charge in [0.15, 0.2) is 0 Å². The molecule has 0 aliphatic rings. The van der Waals surface area contributed by atoms with Crippen LogP contribution in [0, 0.1) is 17.8 Å². The highest BCUT2D eigenvalue weighted by Gasteiger charge is 2.19. The minimum absolute atomic E-state index is 0.300. The molecule has 0 aliphatic carbocycles. The lowest BCUT2D eigenvalue weighted by Crippen LogP contribution is -2.25. The molecule has 0 heterocycles. The minimum atomic E-state index is -0.916. The number of halogens is 1. The average molecular weight is 328 g/mol. The monoisotopic (exact) mass is 327 g/mol. The van der Waals surface area contributed by atoms with Crippen molar-refractivity contribution >= 4 is 27.6 Å². The van der Waals surface area contributed by atoms with Crippen LogP contribution in [0.15, 0.2) is 22.7 Å². The number of carboxylic acids is 1. The summed E-state index contributed by atoms with van der Waals surface area (Å²) in [5, 5.41) is 12.5. The van der Waals surface area contributed by atoms with Gasteiger partial charge in [-0.3, -0.25) is 0 Å². The van der Waals surface area contributed by atoms with Gasteiger partial charge in [0, 0.05) is 16.7 Å². The largest absolute Gasteiger partial charge is 0.478 e. The number of carboxylic acid groups (broad SMARTS) is 1. The Balaban J connectivity index is 2.88. The van der Waals surface area contributed by atoms with Crippen LogP contribution < -0.4 is 5.32 Å². The van der Waals surface area contributed by atoms with Crippen molar-refractivity contribution < 1.29 is 9.90 Å². The SMILES string of the molecule is CC(C)C(CNc1cccc(Br)c1C(=O)O)C(C)C. The molecular weight excluding hydrogens is 306 g/mol. The van der Waals surface area contributed by atoms with Crippen LogP contribution in [0.3, 0.4) is 0 Å². The molecule has 0 unspecified atom stereocenters. The number of nitrogens with one attached hydrogen (secondary N) is 1. The van der Waals surface area contributed by atoms with Crippen LogP contribution in [0.25, 0.3) is 0 Å². The first-order valence-corrected chi connectivity index (χ1v) is 7.39. The summed E-state index contributed by atoms with van der Waals surface area (Å²) >= 11 is 3.29. The molecule has 106 valence electrons. The van der Waals surface area contributed by atoms with Gasteiger partial charge >= 0.3 is 5.97 Å². The molecular formula is C15H22BrNO2. The standard InChI is InChI=1S/C15H22BrNO2/c1-9(2)11(10(3)4)8-17-13-7-5-6-12(16)14(13)15(18)19/h5-7,9-11,17H,8H2,1-4H3,(H,18,19). The lowest BCUT2D eigenvalue weighted by molar-refractivity contribution is 0.0697. The molecule has 19 heavy (non-hydrogen) atoms. The Morgan fingerprint density at radius 3 is 2.32 bits per heavy atom. The zero-order valence-corrected chi connectivity index (χ0v) is 13.5. The number of anilines is 1. The highest BCUT2D eigenvalue weighted by atomic mass is 79.9. The number of hydrogen-bond acceptors (Lipinski definition) is 2. The molecule has 0 fully saturated rings. The first kappa shape index (κ1) is 16.0. The summed E-state index contributed by atoms with van der Waals surface area (Å²) in [4.78, 5) is 11.3. The molecule has 0 spiro atoms. The van der Waals surface area contributed by atoms with Crippen molar-refractivity contribution in [3.05, 3.63) is 28.2 Å². The lowest BCUT2D eigenvalue weighted by Gasteiger charge is -2.26. The molecule has 4 heteroatoms. The number of benzene rings is 1. The van der Waals surface area contributed by atoms with Crippen LogP contribution in [0.2, 0.25) is 0 Å². The Hall–Kier alpha value is -1.03. The molecule has 0 saturated carbocycles. The molecule has 1 rings (SSSR count). The predicted octanol–water partition coefficient (Wildman–Crippen LogP) is 4.49. The van der Waals surface area contributed by atoms with Crippen LogP contribution >= 0.6 is 15.9 Å². The van der Waals surface area contributed by atoms with Crippen LogP contribution in [0.4, 0.5) is 5.69 Å². The summed E-state index contributed by atoms with van der Waals surface area (Å²) in [5.41, 5.74) is 0.974. The van der Waals surface area contributed by atoms with Gasteiger partial charge in [0.1, 0.15) is 0 Å². The highest BCUT2D eigenvalue weighted by molar-refractivity contribution is 9.10. The third-order valence-electron chi connectivity index (χ3n) is 3.47. The molecule has 0 saturated heterocycles. The van der Waals surface area contributed by atoms with E-state index < -0.39 is 5.97 Å². The predicted molar refractivity (Wildman–Crippen MR) is 82.8 cm³/mol. The summed E-state index contributed by atoms with van der Waals surface area (Å²) in [5.74, 6) is 0.724. The third kappa shape index (κ3) is 4.23.